The molecular weight excluding hydrogens is 356 g/mol. The number of benzene rings is 1. The second-order valence-corrected chi connectivity index (χ2v) is 8.73. The number of nitrogens with one attached hydrogen (secondary N) is 1. The minimum absolute atomic E-state index is 0.0153. The Bertz CT molecular complexity index is 861. The number of nitrogens with two attached hydrogens (primary N) is 1. The monoisotopic (exact) mass is 370 g/mol. The number of sulfonamides is 1. The van der Waals surface area contributed by atoms with Crippen LogP contribution < -0.4 is 10.5 Å². The minimum Gasteiger partial charge on any atom is -0.345 e. The molecule has 8 heteroatoms. The number of carbonyl (C=O) groups excluding carboxylic acids is 1. The highest BCUT2D eigenvalue weighted by molar-refractivity contribution is 7.91. The molecule has 1 aliphatic rings. The molecular formula is C15H15ClN2O3S2. The highest BCUT2D eigenvalue weighted by atomic mass is 35.5. The lowest BCUT2D eigenvalue weighted by atomic mass is 9.87. The van der Waals surface area contributed by atoms with Gasteiger partial charge in [-0.15, -0.1) is 11.3 Å². The summed E-state index contributed by atoms with van der Waals surface area (Å²) in [6.07, 6.45) is 2.75. The van der Waals surface area contributed by atoms with Gasteiger partial charge in [0.2, 0.25) is 10.0 Å². The first-order valence-corrected chi connectivity index (χ1v) is 9.80. The van der Waals surface area contributed by atoms with Crippen molar-refractivity contribution in [1.29, 1.82) is 0 Å². The number of aryl methyl sites for hydroxylation is 1. The van der Waals surface area contributed by atoms with Crippen LogP contribution >= 0.6 is 22.9 Å². The van der Waals surface area contributed by atoms with E-state index in [1.807, 2.05) is 18.2 Å². The van der Waals surface area contributed by atoms with E-state index in [-0.39, 0.29) is 16.2 Å². The zero-order chi connectivity index (χ0) is 16.6. The smallest absolute Gasteiger partial charge is 0.261 e. The summed E-state index contributed by atoms with van der Waals surface area (Å²) in [6, 6.07) is 8.42. The van der Waals surface area contributed by atoms with Gasteiger partial charge in [0.15, 0.2) is 0 Å². The van der Waals surface area contributed by atoms with Gasteiger partial charge in [0, 0.05) is 5.02 Å². The fourth-order valence-electron chi connectivity index (χ4n) is 2.76. The number of fused-ring (bicyclic) bond motifs is 1. The number of hydrogen-bond acceptors (Lipinski definition) is 4. The Morgan fingerprint density at radius 3 is 2.78 bits per heavy atom. The predicted octanol–water partition coefficient (Wildman–Crippen LogP) is 2.86. The Hall–Kier alpha value is -1.41. The van der Waals surface area contributed by atoms with Gasteiger partial charge in [0.1, 0.15) is 4.21 Å². The van der Waals surface area contributed by atoms with E-state index in [9.17, 15) is 13.2 Å². The van der Waals surface area contributed by atoms with Crippen LogP contribution in [0.4, 0.5) is 0 Å². The standard InChI is InChI=1S/C15H15ClN2O3S2/c16-10-4-5-11-9(8-10)2-1-3-12(11)18-15(19)13-6-7-14(22-13)23(17,20)21/h4-8,12H,1-3H2,(H,18,19)(H2,17,20,21)/t12-/m0/s1. The summed E-state index contributed by atoms with van der Waals surface area (Å²) >= 11 is 6.89. The molecule has 3 N–H and O–H groups in total. The molecule has 0 unspecified atom stereocenters. The normalized spacial score (nSPS) is 17.6. The van der Waals surface area contributed by atoms with Crippen molar-refractivity contribution in [2.24, 2.45) is 5.14 Å². The van der Waals surface area contributed by atoms with Crippen molar-refractivity contribution in [2.75, 3.05) is 0 Å². The van der Waals surface area contributed by atoms with Crippen molar-refractivity contribution in [3.8, 4) is 0 Å². The molecule has 0 radical (unpaired) electrons. The first-order chi connectivity index (χ1) is 10.8. The third-order valence-electron chi connectivity index (χ3n) is 3.81. The quantitative estimate of drug-likeness (QED) is 0.870. The van der Waals surface area contributed by atoms with Crippen molar-refractivity contribution in [2.45, 2.75) is 29.5 Å². The molecule has 3 rings (SSSR count). The summed E-state index contributed by atoms with van der Waals surface area (Å²) in [4.78, 5) is 12.7. The summed E-state index contributed by atoms with van der Waals surface area (Å²) in [5.41, 5.74) is 2.21. The predicted molar refractivity (Wildman–Crippen MR) is 90.3 cm³/mol. The lowest BCUT2D eigenvalue weighted by molar-refractivity contribution is 0.0937. The van der Waals surface area contributed by atoms with Crippen molar-refractivity contribution < 1.29 is 13.2 Å². The van der Waals surface area contributed by atoms with E-state index in [0.29, 0.717) is 9.90 Å². The van der Waals surface area contributed by atoms with Gasteiger partial charge in [-0.25, -0.2) is 13.6 Å². The molecule has 5 nitrogen and oxygen atoms in total. The molecule has 1 aromatic heterocycles. The molecule has 1 heterocycles. The molecule has 0 fully saturated rings. The zero-order valence-corrected chi connectivity index (χ0v) is 14.5. The second kappa shape index (κ2) is 6.24. The molecule has 1 aliphatic carbocycles. The van der Waals surface area contributed by atoms with E-state index in [2.05, 4.69) is 5.32 Å². The largest absolute Gasteiger partial charge is 0.345 e. The van der Waals surface area contributed by atoms with E-state index in [4.69, 9.17) is 16.7 Å². The van der Waals surface area contributed by atoms with Crippen molar-refractivity contribution in [3.63, 3.8) is 0 Å². The number of thiophene rings is 1. The number of carbonyl (C=O) groups is 1. The van der Waals surface area contributed by atoms with Gasteiger partial charge >= 0.3 is 0 Å². The number of primary sulfonamides is 1. The van der Waals surface area contributed by atoms with Gasteiger partial charge in [-0.1, -0.05) is 17.7 Å². The van der Waals surface area contributed by atoms with Crippen LogP contribution in [-0.4, -0.2) is 14.3 Å². The topological polar surface area (TPSA) is 89.3 Å². The van der Waals surface area contributed by atoms with Crippen molar-refractivity contribution in [3.05, 3.63) is 51.4 Å². The number of amides is 1. The van der Waals surface area contributed by atoms with Gasteiger partial charge < -0.3 is 5.32 Å². The Kier molecular flexibility index (Phi) is 4.46. The first-order valence-electron chi connectivity index (χ1n) is 7.06. The van der Waals surface area contributed by atoms with E-state index < -0.39 is 10.0 Å². The summed E-state index contributed by atoms with van der Waals surface area (Å²) in [5, 5.41) is 8.73. The van der Waals surface area contributed by atoms with Crippen LogP contribution in [-0.2, 0) is 16.4 Å². The lowest BCUT2D eigenvalue weighted by Crippen LogP contribution is -2.30. The highest BCUT2D eigenvalue weighted by Gasteiger charge is 2.23. The third-order valence-corrected chi connectivity index (χ3v) is 6.57. The van der Waals surface area contributed by atoms with Crippen LogP contribution in [0.5, 0.6) is 0 Å². The van der Waals surface area contributed by atoms with Gasteiger partial charge in [-0.2, -0.15) is 0 Å². The Morgan fingerprint density at radius 2 is 2.09 bits per heavy atom. The Labute approximate surface area is 143 Å². The van der Waals surface area contributed by atoms with Crippen molar-refractivity contribution >= 4 is 38.9 Å². The average Bonchev–Trinajstić information content (AvgIpc) is 2.97. The van der Waals surface area contributed by atoms with Crippen LogP contribution in [0.2, 0.25) is 5.02 Å². The van der Waals surface area contributed by atoms with Gasteiger partial charge in [-0.3, -0.25) is 4.79 Å². The number of rotatable bonds is 3. The summed E-state index contributed by atoms with van der Waals surface area (Å²) in [6.45, 7) is 0. The molecule has 0 spiro atoms. The molecule has 0 saturated heterocycles. The molecule has 1 aromatic carbocycles. The maximum Gasteiger partial charge on any atom is 0.261 e. The van der Waals surface area contributed by atoms with E-state index >= 15 is 0 Å². The van der Waals surface area contributed by atoms with Crippen LogP contribution in [0.1, 0.15) is 39.7 Å². The molecule has 1 atom stereocenters. The molecule has 23 heavy (non-hydrogen) atoms. The number of hydrogen-bond donors (Lipinski definition) is 2. The maximum absolute atomic E-state index is 12.4. The van der Waals surface area contributed by atoms with Crippen LogP contribution in [0.15, 0.2) is 34.5 Å². The first kappa shape index (κ1) is 16.4. The Balaban J connectivity index is 1.81. The molecule has 2 aromatic rings. The fourth-order valence-corrected chi connectivity index (χ4v) is 4.58. The van der Waals surface area contributed by atoms with Crippen LogP contribution in [0.3, 0.4) is 0 Å². The molecule has 0 bridgehead atoms. The summed E-state index contributed by atoms with van der Waals surface area (Å²) in [5.74, 6) is -0.294. The van der Waals surface area contributed by atoms with Crippen molar-refractivity contribution in [1.82, 2.24) is 5.32 Å². The minimum atomic E-state index is -3.78. The number of halogens is 1. The molecule has 0 aliphatic heterocycles. The average molecular weight is 371 g/mol. The van der Waals surface area contributed by atoms with Crippen LogP contribution in [0, 0.1) is 0 Å². The fraction of sp³-hybridized carbons (Fsp3) is 0.267. The summed E-state index contributed by atoms with van der Waals surface area (Å²) < 4.78 is 22.6. The second-order valence-electron chi connectivity index (χ2n) is 5.43. The lowest BCUT2D eigenvalue weighted by Gasteiger charge is -2.26. The van der Waals surface area contributed by atoms with E-state index in [1.54, 1.807) is 0 Å². The maximum atomic E-state index is 12.4. The van der Waals surface area contributed by atoms with Gasteiger partial charge in [0.05, 0.1) is 10.9 Å². The molecule has 0 saturated carbocycles. The third kappa shape index (κ3) is 3.58. The van der Waals surface area contributed by atoms with Crippen LogP contribution in [0.25, 0.3) is 0 Å². The SMILES string of the molecule is NS(=O)(=O)c1ccc(C(=O)N[C@H]2CCCc3cc(Cl)ccc32)s1. The zero-order valence-electron chi connectivity index (χ0n) is 12.1. The van der Waals surface area contributed by atoms with Gasteiger partial charge in [-0.05, 0) is 54.7 Å². The summed E-state index contributed by atoms with van der Waals surface area (Å²) in [7, 11) is -3.78. The van der Waals surface area contributed by atoms with E-state index in [0.717, 1.165) is 41.7 Å². The highest BCUT2D eigenvalue weighted by Crippen LogP contribution is 2.32. The Morgan fingerprint density at radius 1 is 1.30 bits per heavy atom. The molecule has 1 amide bonds. The van der Waals surface area contributed by atoms with Gasteiger partial charge in [0.25, 0.3) is 5.91 Å². The van der Waals surface area contributed by atoms with E-state index in [1.165, 1.54) is 12.1 Å². The molecule has 122 valence electrons.